The van der Waals surface area contributed by atoms with Gasteiger partial charge in [-0.1, -0.05) is 13.8 Å². The molecule has 0 saturated heterocycles. The summed E-state index contributed by atoms with van der Waals surface area (Å²) in [5.41, 5.74) is 5.66. The topological polar surface area (TPSA) is 55.1 Å². The molecule has 1 rings (SSSR count). The van der Waals surface area contributed by atoms with E-state index < -0.39 is 0 Å². The standard InChI is InChI=1S/C12H24N2O/c1-3-12(7-4-8-12)14-11(15)6-5-10(2)9-13/h10H,3-9,13H2,1-2H3,(H,14,15). The summed E-state index contributed by atoms with van der Waals surface area (Å²) in [6.45, 7) is 4.92. The molecule has 0 radical (unpaired) electrons. The van der Waals surface area contributed by atoms with Crippen molar-refractivity contribution < 1.29 is 4.79 Å². The van der Waals surface area contributed by atoms with Gasteiger partial charge in [0.05, 0.1) is 0 Å². The summed E-state index contributed by atoms with van der Waals surface area (Å²) in [5.74, 6) is 0.659. The number of carbonyl (C=O) groups excluding carboxylic acids is 1. The Labute approximate surface area is 92.8 Å². The second-order valence-corrected chi connectivity index (χ2v) is 4.92. The van der Waals surface area contributed by atoms with Crippen LogP contribution in [-0.2, 0) is 4.79 Å². The van der Waals surface area contributed by atoms with Crippen molar-refractivity contribution >= 4 is 5.91 Å². The minimum Gasteiger partial charge on any atom is -0.351 e. The van der Waals surface area contributed by atoms with Gasteiger partial charge in [0, 0.05) is 12.0 Å². The van der Waals surface area contributed by atoms with Crippen LogP contribution in [0.15, 0.2) is 0 Å². The summed E-state index contributed by atoms with van der Waals surface area (Å²) >= 11 is 0. The van der Waals surface area contributed by atoms with E-state index in [4.69, 9.17) is 5.73 Å². The summed E-state index contributed by atoms with van der Waals surface area (Å²) in [6, 6.07) is 0. The van der Waals surface area contributed by atoms with Crippen molar-refractivity contribution in [3.8, 4) is 0 Å². The molecule has 0 aromatic heterocycles. The number of hydrogen-bond acceptors (Lipinski definition) is 2. The van der Waals surface area contributed by atoms with E-state index in [1.165, 1.54) is 6.42 Å². The Balaban J connectivity index is 2.23. The van der Waals surface area contributed by atoms with Crippen molar-refractivity contribution in [2.75, 3.05) is 6.54 Å². The number of nitrogens with two attached hydrogens (primary N) is 1. The molecule has 3 heteroatoms. The minimum atomic E-state index is 0.142. The maximum atomic E-state index is 11.7. The molecule has 1 aliphatic carbocycles. The molecule has 1 aliphatic rings. The van der Waals surface area contributed by atoms with E-state index in [2.05, 4.69) is 19.2 Å². The fourth-order valence-corrected chi connectivity index (χ4v) is 2.02. The predicted octanol–water partition coefficient (Wildman–Crippen LogP) is 1.81. The van der Waals surface area contributed by atoms with E-state index in [1.54, 1.807) is 0 Å². The van der Waals surface area contributed by atoms with E-state index in [9.17, 15) is 4.79 Å². The lowest BCUT2D eigenvalue weighted by molar-refractivity contribution is -0.124. The van der Waals surface area contributed by atoms with Crippen LogP contribution in [0.3, 0.4) is 0 Å². The van der Waals surface area contributed by atoms with Gasteiger partial charge in [0.15, 0.2) is 0 Å². The molecule has 1 fully saturated rings. The fraction of sp³-hybridized carbons (Fsp3) is 0.917. The predicted molar refractivity (Wildman–Crippen MR) is 62.5 cm³/mol. The van der Waals surface area contributed by atoms with E-state index in [-0.39, 0.29) is 11.4 Å². The van der Waals surface area contributed by atoms with Gasteiger partial charge < -0.3 is 11.1 Å². The van der Waals surface area contributed by atoms with Crippen molar-refractivity contribution in [1.82, 2.24) is 5.32 Å². The molecular weight excluding hydrogens is 188 g/mol. The van der Waals surface area contributed by atoms with E-state index in [1.807, 2.05) is 0 Å². The first-order chi connectivity index (χ1) is 7.12. The zero-order valence-corrected chi connectivity index (χ0v) is 10.0. The Hall–Kier alpha value is -0.570. The van der Waals surface area contributed by atoms with Crippen LogP contribution >= 0.6 is 0 Å². The first kappa shape index (κ1) is 12.5. The average Bonchev–Trinajstić information content (AvgIpc) is 2.20. The first-order valence-corrected chi connectivity index (χ1v) is 6.13. The minimum absolute atomic E-state index is 0.142. The molecule has 1 unspecified atom stereocenters. The lowest BCUT2D eigenvalue weighted by Gasteiger charge is -2.42. The molecule has 1 saturated carbocycles. The molecule has 3 N–H and O–H groups in total. The molecule has 0 heterocycles. The average molecular weight is 212 g/mol. The SMILES string of the molecule is CCC1(NC(=O)CCC(C)CN)CCC1. The Morgan fingerprint density at radius 3 is 2.60 bits per heavy atom. The van der Waals surface area contributed by atoms with E-state index >= 15 is 0 Å². The largest absolute Gasteiger partial charge is 0.351 e. The smallest absolute Gasteiger partial charge is 0.220 e. The van der Waals surface area contributed by atoms with Gasteiger partial charge in [-0.25, -0.2) is 0 Å². The van der Waals surface area contributed by atoms with Gasteiger partial charge in [0.1, 0.15) is 0 Å². The Kier molecular flexibility index (Phi) is 4.58. The second-order valence-electron chi connectivity index (χ2n) is 4.92. The van der Waals surface area contributed by atoms with Crippen LogP contribution in [0.5, 0.6) is 0 Å². The van der Waals surface area contributed by atoms with Crippen molar-refractivity contribution in [2.45, 2.75) is 57.9 Å². The molecule has 88 valence electrons. The van der Waals surface area contributed by atoms with Gasteiger partial charge in [0.25, 0.3) is 0 Å². The molecule has 0 aliphatic heterocycles. The van der Waals surface area contributed by atoms with Crippen LogP contribution in [0.4, 0.5) is 0 Å². The summed E-state index contributed by atoms with van der Waals surface area (Å²) in [7, 11) is 0. The van der Waals surface area contributed by atoms with Gasteiger partial charge in [-0.3, -0.25) is 4.79 Å². The maximum absolute atomic E-state index is 11.7. The fourth-order valence-electron chi connectivity index (χ4n) is 2.02. The highest BCUT2D eigenvalue weighted by Gasteiger charge is 2.36. The molecule has 0 bridgehead atoms. The zero-order chi connectivity index (χ0) is 11.3. The first-order valence-electron chi connectivity index (χ1n) is 6.13. The van der Waals surface area contributed by atoms with Crippen molar-refractivity contribution in [3.05, 3.63) is 0 Å². The number of amides is 1. The van der Waals surface area contributed by atoms with Gasteiger partial charge in [-0.2, -0.15) is 0 Å². The molecule has 0 aromatic carbocycles. The highest BCUT2D eigenvalue weighted by molar-refractivity contribution is 5.76. The highest BCUT2D eigenvalue weighted by atomic mass is 16.1. The Morgan fingerprint density at radius 2 is 2.20 bits per heavy atom. The summed E-state index contributed by atoms with van der Waals surface area (Å²) < 4.78 is 0. The van der Waals surface area contributed by atoms with E-state index in [0.717, 1.165) is 25.7 Å². The van der Waals surface area contributed by atoms with Gasteiger partial charge in [-0.15, -0.1) is 0 Å². The molecular formula is C12H24N2O. The van der Waals surface area contributed by atoms with Gasteiger partial charge in [-0.05, 0) is 44.6 Å². The van der Waals surface area contributed by atoms with E-state index in [0.29, 0.717) is 18.9 Å². The third kappa shape index (κ3) is 3.49. The van der Waals surface area contributed by atoms with Gasteiger partial charge >= 0.3 is 0 Å². The van der Waals surface area contributed by atoms with Crippen molar-refractivity contribution in [1.29, 1.82) is 0 Å². The lowest BCUT2D eigenvalue weighted by Crippen LogP contribution is -2.53. The molecule has 0 spiro atoms. The summed E-state index contributed by atoms with van der Waals surface area (Å²) in [5, 5.41) is 3.18. The highest BCUT2D eigenvalue weighted by Crippen LogP contribution is 2.34. The van der Waals surface area contributed by atoms with Crippen LogP contribution in [0.25, 0.3) is 0 Å². The number of hydrogen-bond donors (Lipinski definition) is 2. The Morgan fingerprint density at radius 1 is 1.53 bits per heavy atom. The molecule has 0 aromatic rings. The number of nitrogens with one attached hydrogen (secondary N) is 1. The second kappa shape index (κ2) is 5.50. The summed E-state index contributed by atoms with van der Waals surface area (Å²) in [6.07, 6.45) is 6.16. The van der Waals surface area contributed by atoms with Crippen molar-refractivity contribution in [3.63, 3.8) is 0 Å². The number of rotatable bonds is 6. The normalized spacial score (nSPS) is 20.5. The summed E-state index contributed by atoms with van der Waals surface area (Å²) in [4.78, 5) is 11.7. The third-order valence-electron chi connectivity index (χ3n) is 3.66. The molecule has 1 amide bonds. The van der Waals surface area contributed by atoms with Gasteiger partial charge in [0.2, 0.25) is 5.91 Å². The molecule has 15 heavy (non-hydrogen) atoms. The van der Waals surface area contributed by atoms with Crippen LogP contribution in [0.1, 0.15) is 52.4 Å². The lowest BCUT2D eigenvalue weighted by atomic mass is 9.75. The molecule has 3 nitrogen and oxygen atoms in total. The quantitative estimate of drug-likeness (QED) is 0.705. The van der Waals surface area contributed by atoms with Crippen molar-refractivity contribution in [2.24, 2.45) is 11.7 Å². The van der Waals surface area contributed by atoms with Crippen LogP contribution in [-0.4, -0.2) is 18.0 Å². The Bertz CT molecular complexity index is 206. The monoisotopic (exact) mass is 212 g/mol. The zero-order valence-electron chi connectivity index (χ0n) is 10.0. The molecule has 1 atom stereocenters. The third-order valence-corrected chi connectivity index (χ3v) is 3.66. The maximum Gasteiger partial charge on any atom is 0.220 e. The van der Waals surface area contributed by atoms with Crippen LogP contribution < -0.4 is 11.1 Å². The van der Waals surface area contributed by atoms with Crippen LogP contribution in [0.2, 0.25) is 0 Å². The van der Waals surface area contributed by atoms with Crippen LogP contribution in [0, 0.1) is 5.92 Å². The number of carbonyl (C=O) groups is 1.